The third-order valence-electron chi connectivity index (χ3n) is 5.13. The second-order valence-corrected chi connectivity index (χ2v) is 6.36. The van der Waals surface area contributed by atoms with Crippen LogP contribution in [0, 0.1) is 0 Å². The summed E-state index contributed by atoms with van der Waals surface area (Å²) in [4.78, 5) is 4.49. The third kappa shape index (κ3) is 2.40. The highest BCUT2D eigenvalue weighted by molar-refractivity contribution is 5.33. The van der Waals surface area contributed by atoms with E-state index < -0.39 is 0 Å². The van der Waals surface area contributed by atoms with E-state index in [2.05, 4.69) is 51.7 Å². The topological polar surface area (TPSA) is 29.9 Å². The van der Waals surface area contributed by atoms with Crippen LogP contribution in [0.2, 0.25) is 0 Å². The van der Waals surface area contributed by atoms with E-state index in [0.29, 0.717) is 12.0 Å². The predicted molar refractivity (Wildman–Crippen MR) is 84.6 cm³/mol. The Morgan fingerprint density at radius 1 is 1.10 bits per heavy atom. The molecule has 0 saturated carbocycles. The highest BCUT2D eigenvalue weighted by atomic mass is 15.1. The van der Waals surface area contributed by atoms with Gasteiger partial charge in [0.1, 0.15) is 0 Å². The molecule has 3 heteroatoms. The summed E-state index contributed by atoms with van der Waals surface area (Å²) in [6.07, 6.45) is 10.4. The van der Waals surface area contributed by atoms with Crippen LogP contribution in [0.3, 0.4) is 0 Å². The second-order valence-electron chi connectivity index (χ2n) is 6.36. The summed E-state index contributed by atoms with van der Waals surface area (Å²) >= 11 is 0. The SMILES string of the molecule is c1ccc2c(c1)CCCC2n1cncc1C1CCNCC1. The van der Waals surface area contributed by atoms with E-state index in [9.17, 15) is 0 Å². The molecule has 3 nitrogen and oxygen atoms in total. The van der Waals surface area contributed by atoms with Gasteiger partial charge in [0.15, 0.2) is 0 Å². The monoisotopic (exact) mass is 281 g/mol. The van der Waals surface area contributed by atoms with Crippen molar-refractivity contribution in [3.63, 3.8) is 0 Å². The van der Waals surface area contributed by atoms with Crippen LogP contribution < -0.4 is 5.32 Å². The normalized spacial score (nSPS) is 23.0. The van der Waals surface area contributed by atoms with E-state index in [1.54, 1.807) is 0 Å². The first-order chi connectivity index (χ1) is 10.4. The van der Waals surface area contributed by atoms with Crippen molar-refractivity contribution in [3.05, 3.63) is 53.6 Å². The number of hydrogen-bond acceptors (Lipinski definition) is 2. The number of aryl methyl sites for hydroxylation is 1. The number of aromatic nitrogens is 2. The fourth-order valence-electron chi connectivity index (χ4n) is 4.03. The molecule has 1 fully saturated rings. The van der Waals surface area contributed by atoms with E-state index in [1.165, 1.54) is 48.9 Å². The van der Waals surface area contributed by atoms with E-state index in [4.69, 9.17) is 0 Å². The van der Waals surface area contributed by atoms with Gasteiger partial charge in [-0.1, -0.05) is 24.3 Å². The molecule has 110 valence electrons. The summed E-state index contributed by atoms with van der Waals surface area (Å²) in [6, 6.07) is 9.44. The minimum Gasteiger partial charge on any atom is -0.327 e. The van der Waals surface area contributed by atoms with Gasteiger partial charge in [-0.15, -0.1) is 0 Å². The Bertz CT molecular complexity index is 610. The molecule has 0 radical (unpaired) electrons. The van der Waals surface area contributed by atoms with E-state index in [1.807, 2.05) is 0 Å². The maximum Gasteiger partial charge on any atom is 0.0954 e. The molecular formula is C18H23N3. The highest BCUT2D eigenvalue weighted by Gasteiger charge is 2.26. The zero-order valence-electron chi connectivity index (χ0n) is 12.5. The molecule has 2 aliphatic rings. The molecule has 2 aromatic rings. The average Bonchev–Trinajstić information content (AvgIpc) is 3.04. The first-order valence-electron chi connectivity index (χ1n) is 8.24. The lowest BCUT2D eigenvalue weighted by atomic mass is 9.86. The number of fused-ring (bicyclic) bond motifs is 1. The van der Waals surface area contributed by atoms with Crippen molar-refractivity contribution in [3.8, 4) is 0 Å². The molecule has 0 amide bonds. The quantitative estimate of drug-likeness (QED) is 0.915. The zero-order chi connectivity index (χ0) is 14.1. The van der Waals surface area contributed by atoms with E-state index in [0.717, 1.165) is 13.1 Å². The molecule has 1 aromatic carbocycles. The molecule has 1 saturated heterocycles. The number of rotatable bonds is 2. The summed E-state index contributed by atoms with van der Waals surface area (Å²) in [5.41, 5.74) is 4.48. The van der Waals surface area contributed by atoms with Crippen molar-refractivity contribution in [1.82, 2.24) is 14.9 Å². The fraction of sp³-hybridized carbons (Fsp3) is 0.500. The summed E-state index contributed by atoms with van der Waals surface area (Å²) in [6.45, 7) is 2.27. The maximum absolute atomic E-state index is 4.49. The van der Waals surface area contributed by atoms with E-state index in [-0.39, 0.29) is 0 Å². The van der Waals surface area contributed by atoms with Gasteiger partial charge in [-0.05, 0) is 56.3 Å². The van der Waals surface area contributed by atoms with Crippen LogP contribution in [-0.4, -0.2) is 22.6 Å². The van der Waals surface area contributed by atoms with Gasteiger partial charge < -0.3 is 9.88 Å². The van der Waals surface area contributed by atoms with Crippen LogP contribution >= 0.6 is 0 Å². The molecule has 0 bridgehead atoms. The lowest BCUT2D eigenvalue weighted by Gasteiger charge is -2.31. The summed E-state index contributed by atoms with van der Waals surface area (Å²) < 4.78 is 2.47. The lowest BCUT2D eigenvalue weighted by Crippen LogP contribution is -2.28. The summed E-state index contributed by atoms with van der Waals surface area (Å²) in [5, 5.41) is 3.46. The second kappa shape index (κ2) is 5.64. The van der Waals surface area contributed by atoms with E-state index >= 15 is 0 Å². The van der Waals surface area contributed by atoms with Gasteiger partial charge in [0, 0.05) is 17.8 Å². The van der Waals surface area contributed by atoms with Crippen LogP contribution in [0.25, 0.3) is 0 Å². The summed E-state index contributed by atoms with van der Waals surface area (Å²) in [7, 11) is 0. The number of nitrogens with one attached hydrogen (secondary N) is 1. The van der Waals surface area contributed by atoms with Crippen molar-refractivity contribution >= 4 is 0 Å². The van der Waals surface area contributed by atoms with Crippen molar-refractivity contribution in [2.45, 2.75) is 44.1 Å². The smallest absolute Gasteiger partial charge is 0.0954 e. The standard InChI is InChI=1S/C18H23N3/c1-2-6-16-14(4-1)5-3-7-17(16)21-13-20-12-18(21)15-8-10-19-11-9-15/h1-2,4,6,12-13,15,17,19H,3,5,7-11H2. The van der Waals surface area contributed by atoms with Gasteiger partial charge in [-0.25, -0.2) is 4.98 Å². The van der Waals surface area contributed by atoms with Gasteiger partial charge in [-0.3, -0.25) is 0 Å². The Labute approximate surface area is 126 Å². The number of imidazole rings is 1. The average molecular weight is 281 g/mol. The molecule has 21 heavy (non-hydrogen) atoms. The van der Waals surface area contributed by atoms with Crippen LogP contribution in [-0.2, 0) is 6.42 Å². The van der Waals surface area contributed by atoms with Crippen LogP contribution in [0.15, 0.2) is 36.8 Å². The van der Waals surface area contributed by atoms with Gasteiger partial charge in [-0.2, -0.15) is 0 Å². The van der Waals surface area contributed by atoms with Crippen LogP contribution in [0.5, 0.6) is 0 Å². The molecule has 0 spiro atoms. The number of hydrogen-bond donors (Lipinski definition) is 1. The fourth-order valence-corrected chi connectivity index (χ4v) is 4.03. The van der Waals surface area contributed by atoms with Crippen LogP contribution in [0.4, 0.5) is 0 Å². The Morgan fingerprint density at radius 2 is 1.95 bits per heavy atom. The van der Waals surface area contributed by atoms with Crippen molar-refractivity contribution in [2.24, 2.45) is 0 Å². The minimum absolute atomic E-state index is 0.488. The number of piperidine rings is 1. The Morgan fingerprint density at radius 3 is 2.86 bits per heavy atom. The molecule has 4 rings (SSSR count). The molecule has 1 aliphatic carbocycles. The highest BCUT2D eigenvalue weighted by Crippen LogP contribution is 2.36. The molecule has 2 heterocycles. The van der Waals surface area contributed by atoms with Crippen molar-refractivity contribution in [2.75, 3.05) is 13.1 Å². The Hall–Kier alpha value is -1.61. The molecule has 1 atom stereocenters. The van der Waals surface area contributed by atoms with Gasteiger partial charge in [0.2, 0.25) is 0 Å². The molecule has 1 unspecified atom stereocenters. The van der Waals surface area contributed by atoms with Crippen molar-refractivity contribution < 1.29 is 0 Å². The number of nitrogens with zero attached hydrogens (tertiary/aromatic N) is 2. The first kappa shape index (κ1) is 13.1. The molecule has 1 aliphatic heterocycles. The van der Waals surface area contributed by atoms with Crippen LogP contribution in [0.1, 0.15) is 54.5 Å². The van der Waals surface area contributed by atoms with Crippen molar-refractivity contribution in [1.29, 1.82) is 0 Å². The minimum atomic E-state index is 0.488. The number of benzene rings is 1. The molecular weight excluding hydrogens is 258 g/mol. The van der Waals surface area contributed by atoms with Gasteiger partial charge in [0.05, 0.1) is 12.4 Å². The summed E-state index contributed by atoms with van der Waals surface area (Å²) in [5.74, 6) is 0.669. The molecule has 1 aromatic heterocycles. The molecule has 1 N–H and O–H groups in total. The largest absolute Gasteiger partial charge is 0.327 e. The van der Waals surface area contributed by atoms with Gasteiger partial charge in [0.25, 0.3) is 0 Å². The third-order valence-corrected chi connectivity index (χ3v) is 5.13. The predicted octanol–water partition coefficient (Wildman–Crippen LogP) is 3.28. The first-order valence-corrected chi connectivity index (χ1v) is 8.24. The zero-order valence-corrected chi connectivity index (χ0v) is 12.5. The maximum atomic E-state index is 4.49. The lowest BCUT2D eigenvalue weighted by molar-refractivity contribution is 0.413. The van der Waals surface area contributed by atoms with Gasteiger partial charge >= 0.3 is 0 Å². The Balaban J connectivity index is 1.70. The Kier molecular flexibility index (Phi) is 3.52.